The van der Waals surface area contributed by atoms with Crippen molar-refractivity contribution in [3.63, 3.8) is 0 Å². The normalized spacial score (nSPS) is 14.1. The lowest BCUT2D eigenvalue weighted by Crippen LogP contribution is -2.29. The van der Waals surface area contributed by atoms with Gasteiger partial charge in [-0.05, 0) is 53.1 Å². The van der Waals surface area contributed by atoms with Gasteiger partial charge in [0.2, 0.25) is 0 Å². The summed E-state index contributed by atoms with van der Waals surface area (Å²) in [6.07, 6.45) is 2.44. The minimum Gasteiger partial charge on any atom is -0.550 e. The number of carboxylic acid groups (broad SMARTS) is 1. The second-order valence-electron chi connectivity index (χ2n) is 8.69. The van der Waals surface area contributed by atoms with Gasteiger partial charge in [0.05, 0.1) is 12.2 Å². The highest BCUT2D eigenvalue weighted by Crippen LogP contribution is 2.40. The van der Waals surface area contributed by atoms with E-state index in [1.54, 1.807) is 6.08 Å². The van der Waals surface area contributed by atoms with Crippen LogP contribution in [0.4, 0.5) is 4.39 Å². The van der Waals surface area contributed by atoms with Gasteiger partial charge in [0.1, 0.15) is 5.82 Å². The Bertz CT molecular complexity index is 914. The summed E-state index contributed by atoms with van der Waals surface area (Å²) >= 11 is 0. The van der Waals surface area contributed by atoms with Crippen LogP contribution in [0.25, 0.3) is 6.08 Å². The van der Waals surface area contributed by atoms with E-state index < -0.39 is 24.6 Å². The Balaban J connectivity index is 2.37. The molecule has 0 unspecified atom stereocenters. The van der Waals surface area contributed by atoms with Crippen molar-refractivity contribution in [1.82, 2.24) is 0 Å². The lowest BCUT2D eigenvalue weighted by molar-refractivity contribution is -0.307. The van der Waals surface area contributed by atoms with E-state index in [2.05, 4.69) is 39.8 Å². The first kappa shape index (κ1) is 25.8. The van der Waals surface area contributed by atoms with Gasteiger partial charge in [-0.2, -0.15) is 0 Å². The Morgan fingerprint density at radius 1 is 1.06 bits per heavy atom. The van der Waals surface area contributed by atoms with Gasteiger partial charge in [0, 0.05) is 24.2 Å². The number of hydrogen-bond donors (Lipinski definition) is 2. The van der Waals surface area contributed by atoms with Gasteiger partial charge >= 0.3 is 0 Å². The standard InChI is InChI=1S/C27H35FO4/c1-5-27(6-2,20-10-12-22(28)13-11-20)21-9-7-19(25(15-21)18(3)4)8-14-23(29)16-24(30)17-26(31)32/h7-15,18,23-24,29-30H,5-6,16-17H2,1-4H3,(H,31,32)/p-1/b14-8+/t23-,24-/m1/s1. The number of aliphatic hydroxyl groups is 2. The Morgan fingerprint density at radius 2 is 1.66 bits per heavy atom. The van der Waals surface area contributed by atoms with Crippen LogP contribution < -0.4 is 5.11 Å². The van der Waals surface area contributed by atoms with E-state index in [4.69, 9.17) is 0 Å². The van der Waals surface area contributed by atoms with E-state index >= 15 is 0 Å². The largest absolute Gasteiger partial charge is 0.550 e. The smallest absolute Gasteiger partial charge is 0.123 e. The summed E-state index contributed by atoms with van der Waals surface area (Å²) in [7, 11) is 0. The molecule has 0 saturated carbocycles. The van der Waals surface area contributed by atoms with Crippen molar-refractivity contribution >= 4 is 12.0 Å². The molecule has 32 heavy (non-hydrogen) atoms. The lowest BCUT2D eigenvalue weighted by atomic mass is 9.69. The van der Waals surface area contributed by atoms with Crippen LogP contribution in [-0.4, -0.2) is 28.4 Å². The van der Waals surface area contributed by atoms with E-state index in [-0.39, 0.29) is 23.6 Å². The van der Waals surface area contributed by atoms with Crippen molar-refractivity contribution in [1.29, 1.82) is 0 Å². The van der Waals surface area contributed by atoms with Crippen molar-refractivity contribution in [2.75, 3.05) is 0 Å². The minimum absolute atomic E-state index is 0.0705. The molecule has 174 valence electrons. The van der Waals surface area contributed by atoms with Crippen molar-refractivity contribution in [3.8, 4) is 0 Å². The monoisotopic (exact) mass is 441 g/mol. The van der Waals surface area contributed by atoms with E-state index in [0.717, 1.165) is 29.5 Å². The second kappa shape index (κ2) is 11.4. The molecule has 0 aliphatic heterocycles. The van der Waals surface area contributed by atoms with Crippen LogP contribution in [0.15, 0.2) is 48.5 Å². The fourth-order valence-electron chi connectivity index (χ4n) is 4.37. The maximum Gasteiger partial charge on any atom is 0.123 e. The predicted molar refractivity (Wildman–Crippen MR) is 124 cm³/mol. The highest BCUT2D eigenvalue weighted by Gasteiger charge is 2.31. The summed E-state index contributed by atoms with van der Waals surface area (Å²) in [5.74, 6) is -1.36. The van der Waals surface area contributed by atoms with Gasteiger partial charge in [0.25, 0.3) is 0 Å². The Hall–Kier alpha value is -2.50. The second-order valence-corrected chi connectivity index (χ2v) is 8.69. The number of benzene rings is 2. The fourth-order valence-corrected chi connectivity index (χ4v) is 4.37. The first-order chi connectivity index (χ1) is 15.1. The molecular formula is C27H34FO4-. The lowest BCUT2D eigenvalue weighted by Gasteiger charge is -2.34. The topological polar surface area (TPSA) is 80.6 Å². The number of rotatable bonds is 11. The summed E-state index contributed by atoms with van der Waals surface area (Å²) in [5.41, 5.74) is 4.10. The van der Waals surface area contributed by atoms with Gasteiger partial charge in [0.15, 0.2) is 0 Å². The van der Waals surface area contributed by atoms with Crippen molar-refractivity contribution in [3.05, 3.63) is 76.6 Å². The van der Waals surface area contributed by atoms with Crippen LogP contribution in [0.3, 0.4) is 0 Å². The summed E-state index contributed by atoms with van der Waals surface area (Å²) in [5, 5.41) is 30.4. The van der Waals surface area contributed by atoms with Crippen LogP contribution in [0.2, 0.25) is 0 Å². The van der Waals surface area contributed by atoms with Crippen LogP contribution >= 0.6 is 0 Å². The summed E-state index contributed by atoms with van der Waals surface area (Å²) < 4.78 is 13.5. The fraction of sp³-hybridized carbons (Fsp3) is 0.444. The zero-order valence-corrected chi connectivity index (χ0v) is 19.3. The highest BCUT2D eigenvalue weighted by atomic mass is 19.1. The third-order valence-electron chi connectivity index (χ3n) is 6.28. The molecule has 2 rings (SSSR count). The molecule has 0 aliphatic rings. The molecule has 0 heterocycles. The van der Waals surface area contributed by atoms with E-state index in [0.29, 0.717) is 0 Å². The highest BCUT2D eigenvalue weighted by molar-refractivity contribution is 5.64. The molecule has 0 spiro atoms. The molecule has 2 atom stereocenters. The van der Waals surface area contributed by atoms with Crippen LogP contribution in [0.1, 0.15) is 81.5 Å². The maximum absolute atomic E-state index is 13.5. The molecule has 2 aromatic carbocycles. The number of aliphatic carboxylic acids is 1. The number of hydrogen-bond acceptors (Lipinski definition) is 4. The molecule has 4 nitrogen and oxygen atoms in total. The Morgan fingerprint density at radius 3 is 2.19 bits per heavy atom. The van der Waals surface area contributed by atoms with Crippen LogP contribution in [-0.2, 0) is 10.2 Å². The van der Waals surface area contributed by atoms with Crippen LogP contribution in [0, 0.1) is 5.82 Å². The first-order valence-electron chi connectivity index (χ1n) is 11.3. The van der Waals surface area contributed by atoms with Crippen molar-refractivity contribution < 1.29 is 24.5 Å². The molecule has 5 heteroatoms. The third-order valence-corrected chi connectivity index (χ3v) is 6.28. The molecule has 0 aliphatic carbocycles. The first-order valence-corrected chi connectivity index (χ1v) is 11.3. The number of carbonyl (C=O) groups excluding carboxylic acids is 1. The number of aliphatic hydroxyl groups excluding tert-OH is 2. The third kappa shape index (κ3) is 6.27. The van der Waals surface area contributed by atoms with E-state index in [1.165, 1.54) is 17.7 Å². The average Bonchev–Trinajstić information content (AvgIpc) is 2.74. The van der Waals surface area contributed by atoms with Crippen molar-refractivity contribution in [2.45, 2.75) is 76.9 Å². The number of halogens is 1. The van der Waals surface area contributed by atoms with Crippen molar-refractivity contribution in [2.24, 2.45) is 0 Å². The van der Waals surface area contributed by atoms with Gasteiger partial charge in [-0.25, -0.2) is 4.39 Å². The molecule has 2 N–H and O–H groups in total. The predicted octanol–water partition coefficient (Wildman–Crippen LogP) is 4.32. The van der Waals surface area contributed by atoms with Crippen LogP contribution in [0.5, 0.6) is 0 Å². The SMILES string of the molecule is CCC(CC)(c1ccc(F)cc1)c1ccc(/C=C/[C@@H](O)C[C@@H](O)CC(=O)[O-])c(C(C)C)c1. The Kier molecular flexibility index (Phi) is 9.17. The molecule has 0 amide bonds. The zero-order chi connectivity index (χ0) is 23.9. The average molecular weight is 442 g/mol. The molecule has 2 aromatic rings. The van der Waals surface area contributed by atoms with Gasteiger partial charge in [-0.1, -0.05) is 70.2 Å². The van der Waals surface area contributed by atoms with Gasteiger partial charge in [-0.15, -0.1) is 0 Å². The molecule has 0 radical (unpaired) electrons. The molecule has 0 aromatic heterocycles. The summed E-state index contributed by atoms with van der Waals surface area (Å²) in [4.78, 5) is 10.6. The number of carbonyl (C=O) groups is 1. The molecular weight excluding hydrogens is 407 g/mol. The summed E-state index contributed by atoms with van der Waals surface area (Å²) in [6, 6.07) is 13.0. The quantitative estimate of drug-likeness (QED) is 0.544. The molecule has 0 fully saturated rings. The minimum atomic E-state index is -1.34. The summed E-state index contributed by atoms with van der Waals surface area (Å²) in [6.45, 7) is 8.50. The van der Waals surface area contributed by atoms with E-state index in [9.17, 15) is 24.5 Å². The van der Waals surface area contributed by atoms with Gasteiger partial charge in [-0.3, -0.25) is 0 Å². The Labute approximate surface area is 190 Å². The number of carboxylic acids is 1. The molecule has 0 bridgehead atoms. The van der Waals surface area contributed by atoms with Gasteiger partial charge < -0.3 is 20.1 Å². The maximum atomic E-state index is 13.5. The van der Waals surface area contributed by atoms with E-state index in [1.807, 2.05) is 24.3 Å². The zero-order valence-electron chi connectivity index (χ0n) is 19.3. The molecule has 0 saturated heterocycles.